The van der Waals surface area contributed by atoms with Gasteiger partial charge in [0.2, 0.25) is 0 Å². The molecule has 0 radical (unpaired) electrons. The number of carbonyl (C=O) groups is 1. The molecule has 0 fully saturated rings. The van der Waals surface area contributed by atoms with Gasteiger partial charge in [-0.3, -0.25) is 10.1 Å². The summed E-state index contributed by atoms with van der Waals surface area (Å²) in [7, 11) is 0. The van der Waals surface area contributed by atoms with Gasteiger partial charge in [0.25, 0.3) is 0 Å². The van der Waals surface area contributed by atoms with Gasteiger partial charge in [0.05, 0.1) is 6.04 Å². The van der Waals surface area contributed by atoms with Crippen LogP contribution in [0.3, 0.4) is 0 Å². The van der Waals surface area contributed by atoms with Crippen LogP contribution in [0.15, 0.2) is 60.7 Å². The predicted molar refractivity (Wildman–Crippen MR) is 82.8 cm³/mol. The molecule has 0 aliphatic heterocycles. The van der Waals surface area contributed by atoms with Gasteiger partial charge in [-0.2, -0.15) is 0 Å². The third-order valence-corrected chi connectivity index (χ3v) is 3.03. The van der Waals surface area contributed by atoms with Crippen molar-refractivity contribution in [3.63, 3.8) is 0 Å². The molecule has 0 heterocycles. The Labute approximate surface area is 120 Å². The summed E-state index contributed by atoms with van der Waals surface area (Å²) in [6.07, 6.45) is 0. The SMILES string of the molecule is CC(C)(C)NC(C(=O)c1ccccc1)c1ccccc1. The van der Waals surface area contributed by atoms with E-state index in [2.05, 4.69) is 26.1 Å². The fourth-order valence-corrected chi connectivity index (χ4v) is 2.15. The fourth-order valence-electron chi connectivity index (χ4n) is 2.15. The third kappa shape index (κ3) is 3.78. The molecule has 0 aliphatic carbocycles. The summed E-state index contributed by atoms with van der Waals surface area (Å²) in [5.74, 6) is 0.103. The Morgan fingerprint density at radius 3 is 1.90 bits per heavy atom. The van der Waals surface area contributed by atoms with Gasteiger partial charge < -0.3 is 0 Å². The highest BCUT2D eigenvalue weighted by Gasteiger charge is 2.25. The maximum absolute atomic E-state index is 12.8. The molecular formula is C18H21NO. The summed E-state index contributed by atoms with van der Waals surface area (Å²) in [5.41, 5.74) is 1.60. The summed E-state index contributed by atoms with van der Waals surface area (Å²) < 4.78 is 0. The van der Waals surface area contributed by atoms with Crippen molar-refractivity contribution in [2.24, 2.45) is 0 Å². The molecule has 2 aromatic rings. The van der Waals surface area contributed by atoms with Crippen LogP contribution in [0.1, 0.15) is 42.7 Å². The monoisotopic (exact) mass is 267 g/mol. The van der Waals surface area contributed by atoms with E-state index in [9.17, 15) is 4.79 Å². The summed E-state index contributed by atoms with van der Waals surface area (Å²) in [6.45, 7) is 6.21. The molecule has 20 heavy (non-hydrogen) atoms. The minimum Gasteiger partial charge on any atom is -0.299 e. The largest absolute Gasteiger partial charge is 0.299 e. The lowest BCUT2D eigenvalue weighted by Crippen LogP contribution is -2.42. The van der Waals surface area contributed by atoms with Crippen molar-refractivity contribution >= 4 is 5.78 Å². The van der Waals surface area contributed by atoms with Crippen LogP contribution in [0.25, 0.3) is 0 Å². The molecule has 1 atom stereocenters. The van der Waals surface area contributed by atoms with Crippen molar-refractivity contribution in [2.75, 3.05) is 0 Å². The zero-order valence-electron chi connectivity index (χ0n) is 12.3. The van der Waals surface area contributed by atoms with E-state index in [0.717, 1.165) is 11.1 Å². The maximum Gasteiger partial charge on any atom is 0.184 e. The second-order valence-electron chi connectivity index (χ2n) is 5.97. The van der Waals surface area contributed by atoms with Crippen LogP contribution in [0.5, 0.6) is 0 Å². The Balaban J connectivity index is 2.35. The minimum absolute atomic E-state index is 0.103. The molecule has 104 valence electrons. The van der Waals surface area contributed by atoms with Gasteiger partial charge in [-0.25, -0.2) is 0 Å². The lowest BCUT2D eigenvalue weighted by Gasteiger charge is -2.28. The van der Waals surface area contributed by atoms with Gasteiger partial charge in [0, 0.05) is 11.1 Å². The van der Waals surface area contributed by atoms with Gasteiger partial charge >= 0.3 is 0 Å². The van der Waals surface area contributed by atoms with Crippen LogP contribution in [-0.4, -0.2) is 11.3 Å². The highest BCUT2D eigenvalue weighted by atomic mass is 16.1. The molecule has 0 aromatic heterocycles. The first-order valence-electron chi connectivity index (χ1n) is 6.89. The zero-order chi connectivity index (χ0) is 14.6. The number of hydrogen-bond donors (Lipinski definition) is 1. The van der Waals surface area contributed by atoms with E-state index in [1.807, 2.05) is 60.7 Å². The molecule has 0 amide bonds. The average Bonchev–Trinajstić information content (AvgIpc) is 2.45. The lowest BCUT2D eigenvalue weighted by atomic mass is 9.94. The molecule has 0 bridgehead atoms. The van der Waals surface area contributed by atoms with E-state index in [1.54, 1.807) is 0 Å². The number of rotatable bonds is 4. The van der Waals surface area contributed by atoms with Crippen LogP contribution >= 0.6 is 0 Å². The van der Waals surface area contributed by atoms with Crippen molar-refractivity contribution < 1.29 is 4.79 Å². The third-order valence-electron chi connectivity index (χ3n) is 3.03. The van der Waals surface area contributed by atoms with Gasteiger partial charge in [0.1, 0.15) is 0 Å². The van der Waals surface area contributed by atoms with Crippen molar-refractivity contribution in [3.8, 4) is 0 Å². The highest BCUT2D eigenvalue weighted by molar-refractivity contribution is 6.00. The standard InChI is InChI=1S/C18H21NO/c1-18(2,3)19-16(14-10-6-4-7-11-14)17(20)15-12-8-5-9-13-15/h4-13,16,19H,1-3H3. The lowest BCUT2D eigenvalue weighted by molar-refractivity contribution is 0.0926. The van der Waals surface area contributed by atoms with E-state index >= 15 is 0 Å². The highest BCUT2D eigenvalue weighted by Crippen LogP contribution is 2.21. The van der Waals surface area contributed by atoms with E-state index < -0.39 is 0 Å². The molecule has 1 N–H and O–H groups in total. The molecule has 2 heteroatoms. The number of Topliss-reactive ketones (excluding diaryl/α,β-unsaturated/α-hetero) is 1. The maximum atomic E-state index is 12.8. The molecule has 2 rings (SSSR count). The van der Waals surface area contributed by atoms with Crippen LogP contribution in [0.4, 0.5) is 0 Å². The first-order chi connectivity index (χ1) is 9.47. The Kier molecular flexibility index (Phi) is 4.35. The van der Waals surface area contributed by atoms with Crippen LogP contribution in [-0.2, 0) is 0 Å². The van der Waals surface area contributed by atoms with Gasteiger partial charge in [0.15, 0.2) is 5.78 Å². The van der Waals surface area contributed by atoms with Crippen molar-refractivity contribution in [2.45, 2.75) is 32.4 Å². The number of hydrogen-bond acceptors (Lipinski definition) is 2. The molecular weight excluding hydrogens is 246 g/mol. The topological polar surface area (TPSA) is 29.1 Å². The Bertz CT molecular complexity index is 555. The van der Waals surface area contributed by atoms with Crippen LogP contribution in [0.2, 0.25) is 0 Å². The molecule has 0 aliphatic rings. The van der Waals surface area contributed by atoms with E-state index in [0.29, 0.717) is 0 Å². The number of benzene rings is 2. The second kappa shape index (κ2) is 6.02. The molecule has 0 spiro atoms. The molecule has 0 saturated heterocycles. The van der Waals surface area contributed by atoms with E-state index in [1.165, 1.54) is 0 Å². The predicted octanol–water partition coefficient (Wildman–Crippen LogP) is 4.00. The minimum atomic E-state index is -0.321. The first kappa shape index (κ1) is 14.5. The normalized spacial score (nSPS) is 12.9. The summed E-state index contributed by atoms with van der Waals surface area (Å²) in [6, 6.07) is 19.0. The first-order valence-corrected chi connectivity index (χ1v) is 6.89. The van der Waals surface area contributed by atoms with Crippen LogP contribution in [0, 0.1) is 0 Å². The molecule has 2 nitrogen and oxygen atoms in total. The summed E-state index contributed by atoms with van der Waals surface area (Å²) in [4.78, 5) is 12.8. The number of carbonyl (C=O) groups excluding carboxylic acids is 1. The Hall–Kier alpha value is -1.93. The van der Waals surface area contributed by atoms with Crippen molar-refractivity contribution in [3.05, 3.63) is 71.8 Å². The van der Waals surface area contributed by atoms with Gasteiger partial charge in [-0.05, 0) is 26.3 Å². The van der Waals surface area contributed by atoms with Crippen molar-refractivity contribution in [1.82, 2.24) is 5.32 Å². The van der Waals surface area contributed by atoms with Crippen LogP contribution < -0.4 is 5.32 Å². The zero-order valence-corrected chi connectivity index (χ0v) is 12.3. The van der Waals surface area contributed by atoms with E-state index in [-0.39, 0.29) is 17.4 Å². The van der Waals surface area contributed by atoms with Gasteiger partial charge in [-0.15, -0.1) is 0 Å². The fraction of sp³-hybridized carbons (Fsp3) is 0.278. The number of nitrogens with one attached hydrogen (secondary N) is 1. The second-order valence-corrected chi connectivity index (χ2v) is 5.97. The summed E-state index contributed by atoms with van der Waals surface area (Å²) in [5, 5.41) is 3.42. The van der Waals surface area contributed by atoms with E-state index in [4.69, 9.17) is 0 Å². The molecule has 0 saturated carbocycles. The Morgan fingerprint density at radius 2 is 1.40 bits per heavy atom. The number of ketones is 1. The van der Waals surface area contributed by atoms with Gasteiger partial charge in [-0.1, -0.05) is 60.7 Å². The average molecular weight is 267 g/mol. The molecule has 1 unspecified atom stereocenters. The smallest absolute Gasteiger partial charge is 0.184 e. The Morgan fingerprint density at radius 1 is 0.900 bits per heavy atom. The quantitative estimate of drug-likeness (QED) is 0.848. The summed E-state index contributed by atoms with van der Waals surface area (Å²) >= 11 is 0. The van der Waals surface area contributed by atoms with Crippen molar-refractivity contribution in [1.29, 1.82) is 0 Å². The molecule has 2 aromatic carbocycles.